The molecule has 7 heteroatoms. The Morgan fingerprint density at radius 3 is 1.38 bits per heavy atom. The summed E-state index contributed by atoms with van der Waals surface area (Å²) in [6, 6.07) is 15.4. The van der Waals surface area contributed by atoms with Crippen molar-refractivity contribution in [1.29, 1.82) is 0 Å². The fourth-order valence-corrected chi connectivity index (χ4v) is 4.92. The summed E-state index contributed by atoms with van der Waals surface area (Å²) in [6.07, 6.45) is 0.644. The van der Waals surface area contributed by atoms with Gasteiger partial charge in [-0.1, -0.05) is 24.3 Å². The SMILES string of the molecule is CC(C)(C)Oc1ccc(CC2NC(=O)NC(Cc3ccc(OC(C)(C)C)cc3)C3OC(C)(C)OC23)cc1. The van der Waals surface area contributed by atoms with Crippen LogP contribution in [0.25, 0.3) is 0 Å². The van der Waals surface area contributed by atoms with E-state index < -0.39 is 5.79 Å². The summed E-state index contributed by atoms with van der Waals surface area (Å²) in [7, 11) is 0. The minimum absolute atomic E-state index is 0.213. The zero-order chi connectivity index (χ0) is 27.0. The van der Waals surface area contributed by atoms with Gasteiger partial charge in [-0.3, -0.25) is 0 Å². The Bertz CT molecular complexity index is 984. The molecule has 0 saturated carbocycles. The molecule has 0 aromatic heterocycles. The Labute approximate surface area is 221 Å². The quantitative estimate of drug-likeness (QED) is 0.544. The third kappa shape index (κ3) is 7.62. The maximum atomic E-state index is 12.9. The van der Waals surface area contributed by atoms with Crippen molar-refractivity contribution in [3.8, 4) is 11.5 Å². The number of hydrogen-bond acceptors (Lipinski definition) is 5. The Morgan fingerprint density at radius 1 is 0.703 bits per heavy atom. The summed E-state index contributed by atoms with van der Waals surface area (Å²) >= 11 is 0. The molecule has 2 saturated heterocycles. The molecule has 37 heavy (non-hydrogen) atoms. The predicted molar refractivity (Wildman–Crippen MR) is 144 cm³/mol. The van der Waals surface area contributed by atoms with Crippen LogP contribution in [0.5, 0.6) is 11.5 Å². The van der Waals surface area contributed by atoms with Crippen LogP contribution in [0.2, 0.25) is 0 Å². The van der Waals surface area contributed by atoms with Crippen LogP contribution in [-0.4, -0.2) is 47.3 Å². The first-order chi connectivity index (χ1) is 17.2. The number of amides is 2. The average Bonchev–Trinajstić information content (AvgIpc) is 3.03. The largest absolute Gasteiger partial charge is 0.488 e. The summed E-state index contributed by atoms with van der Waals surface area (Å²) in [5.41, 5.74) is 1.66. The molecular weight excluding hydrogens is 468 g/mol. The van der Waals surface area contributed by atoms with E-state index in [0.29, 0.717) is 12.8 Å². The molecule has 2 aliphatic rings. The molecule has 2 aromatic rings. The van der Waals surface area contributed by atoms with Crippen molar-refractivity contribution in [1.82, 2.24) is 10.6 Å². The highest BCUT2D eigenvalue weighted by atomic mass is 16.8. The van der Waals surface area contributed by atoms with Gasteiger partial charge in [-0.15, -0.1) is 0 Å². The molecule has 0 aliphatic carbocycles. The van der Waals surface area contributed by atoms with Gasteiger partial charge in [0, 0.05) is 0 Å². The van der Waals surface area contributed by atoms with Crippen LogP contribution in [-0.2, 0) is 22.3 Å². The molecule has 2 amide bonds. The number of nitrogens with one attached hydrogen (secondary N) is 2. The molecule has 0 spiro atoms. The van der Waals surface area contributed by atoms with Crippen molar-refractivity contribution in [3.05, 3.63) is 59.7 Å². The molecule has 0 bridgehead atoms. The zero-order valence-electron chi connectivity index (χ0n) is 23.4. The fraction of sp³-hybridized carbons (Fsp3) is 0.567. The Hall–Kier alpha value is -2.77. The highest BCUT2D eigenvalue weighted by Crippen LogP contribution is 2.35. The summed E-state index contributed by atoms with van der Waals surface area (Å²) in [6.45, 7) is 16.0. The summed E-state index contributed by atoms with van der Waals surface area (Å²) in [4.78, 5) is 12.9. The van der Waals surface area contributed by atoms with Crippen LogP contribution in [0.1, 0.15) is 66.5 Å². The average molecular weight is 511 g/mol. The first-order valence-electron chi connectivity index (χ1n) is 13.1. The molecule has 7 nitrogen and oxygen atoms in total. The minimum Gasteiger partial charge on any atom is -0.488 e. The van der Waals surface area contributed by atoms with Gasteiger partial charge in [0.2, 0.25) is 0 Å². The second kappa shape index (κ2) is 10.2. The van der Waals surface area contributed by atoms with Gasteiger partial charge in [0.15, 0.2) is 5.79 Å². The number of hydrogen-bond donors (Lipinski definition) is 2. The second-order valence-electron chi connectivity index (χ2n) is 12.5. The van der Waals surface area contributed by atoms with Crippen LogP contribution in [0.15, 0.2) is 48.5 Å². The third-order valence-electron chi connectivity index (χ3n) is 6.20. The Kier molecular flexibility index (Phi) is 7.50. The lowest BCUT2D eigenvalue weighted by Gasteiger charge is -2.27. The highest BCUT2D eigenvalue weighted by molar-refractivity contribution is 5.75. The molecular formula is C30H42N2O5. The van der Waals surface area contributed by atoms with Crippen molar-refractivity contribution in [2.45, 2.75) is 110 Å². The number of benzene rings is 2. The van der Waals surface area contributed by atoms with E-state index in [2.05, 4.69) is 10.6 Å². The van der Waals surface area contributed by atoms with Crippen LogP contribution >= 0.6 is 0 Å². The minimum atomic E-state index is -0.746. The number of urea groups is 1. The monoisotopic (exact) mass is 510 g/mol. The fourth-order valence-electron chi connectivity index (χ4n) is 4.92. The van der Waals surface area contributed by atoms with E-state index in [1.165, 1.54) is 0 Å². The number of rotatable bonds is 6. The van der Waals surface area contributed by atoms with Gasteiger partial charge >= 0.3 is 6.03 Å². The molecule has 2 aliphatic heterocycles. The third-order valence-corrected chi connectivity index (χ3v) is 6.20. The van der Waals surface area contributed by atoms with Crippen molar-refractivity contribution in [3.63, 3.8) is 0 Å². The van der Waals surface area contributed by atoms with E-state index in [4.69, 9.17) is 18.9 Å². The number of carbonyl (C=O) groups is 1. The molecule has 4 rings (SSSR count). The van der Waals surface area contributed by atoms with Gasteiger partial charge in [0.1, 0.15) is 34.9 Å². The van der Waals surface area contributed by atoms with E-state index in [1.807, 2.05) is 104 Å². The molecule has 0 radical (unpaired) electrons. The second-order valence-corrected chi connectivity index (χ2v) is 12.5. The van der Waals surface area contributed by atoms with Gasteiger partial charge in [-0.05, 0) is 104 Å². The van der Waals surface area contributed by atoms with Gasteiger partial charge < -0.3 is 29.6 Å². The predicted octanol–water partition coefficient (Wildman–Crippen LogP) is 5.40. The normalized spacial score (nSPS) is 25.5. The summed E-state index contributed by atoms with van der Waals surface area (Å²) < 4.78 is 24.7. The van der Waals surface area contributed by atoms with Crippen molar-refractivity contribution >= 4 is 6.03 Å². The zero-order valence-corrected chi connectivity index (χ0v) is 23.4. The van der Waals surface area contributed by atoms with Crippen LogP contribution in [0.3, 0.4) is 0 Å². The first kappa shape index (κ1) is 27.3. The lowest BCUT2D eigenvalue weighted by Crippen LogP contribution is -2.47. The molecule has 202 valence electrons. The summed E-state index contributed by atoms with van der Waals surface area (Å²) in [5.74, 6) is 0.896. The molecule has 2 heterocycles. The Balaban J connectivity index is 1.50. The molecule has 2 N–H and O–H groups in total. The van der Waals surface area contributed by atoms with Crippen molar-refractivity contribution in [2.75, 3.05) is 0 Å². The highest BCUT2D eigenvalue weighted by Gasteiger charge is 2.50. The molecule has 4 unspecified atom stereocenters. The van der Waals surface area contributed by atoms with Gasteiger partial charge in [0.25, 0.3) is 0 Å². The number of fused-ring (bicyclic) bond motifs is 1. The molecule has 2 aromatic carbocycles. The number of ether oxygens (including phenoxy) is 4. The maximum absolute atomic E-state index is 12.9. The first-order valence-corrected chi connectivity index (χ1v) is 13.1. The van der Waals surface area contributed by atoms with Gasteiger partial charge in [-0.2, -0.15) is 0 Å². The van der Waals surface area contributed by atoms with E-state index in [9.17, 15) is 4.79 Å². The topological polar surface area (TPSA) is 78.1 Å². The van der Waals surface area contributed by atoms with Crippen LogP contribution in [0.4, 0.5) is 4.79 Å². The standard InChI is InChI=1S/C30H42N2O5/c1-28(2,3)34-21-13-9-19(10-14-21)17-23-25-26(37-30(7,8)36-25)24(32-27(33)31-23)18-20-11-15-22(16-12-20)35-29(4,5)6/h9-16,23-26H,17-18H2,1-8H3,(H2,31,32,33). The summed E-state index contributed by atoms with van der Waals surface area (Å²) in [5, 5.41) is 6.27. The lowest BCUT2D eigenvalue weighted by molar-refractivity contribution is -0.150. The van der Waals surface area contributed by atoms with E-state index in [1.54, 1.807) is 0 Å². The van der Waals surface area contributed by atoms with Gasteiger partial charge in [-0.25, -0.2) is 4.79 Å². The van der Waals surface area contributed by atoms with Crippen molar-refractivity contribution in [2.24, 2.45) is 0 Å². The van der Waals surface area contributed by atoms with Crippen LogP contribution < -0.4 is 20.1 Å². The van der Waals surface area contributed by atoms with Crippen LogP contribution in [0, 0.1) is 0 Å². The molecule has 4 atom stereocenters. The number of carbonyl (C=O) groups excluding carboxylic acids is 1. The smallest absolute Gasteiger partial charge is 0.315 e. The van der Waals surface area contributed by atoms with Gasteiger partial charge in [0.05, 0.1) is 12.1 Å². The van der Waals surface area contributed by atoms with Crippen molar-refractivity contribution < 1.29 is 23.7 Å². The lowest BCUT2D eigenvalue weighted by atomic mass is 9.92. The maximum Gasteiger partial charge on any atom is 0.315 e. The van der Waals surface area contributed by atoms with E-state index in [-0.39, 0.29) is 41.5 Å². The Morgan fingerprint density at radius 2 is 1.05 bits per heavy atom. The van der Waals surface area contributed by atoms with E-state index in [0.717, 1.165) is 22.6 Å². The van der Waals surface area contributed by atoms with E-state index >= 15 is 0 Å². The molecule has 2 fully saturated rings.